The third-order valence-electron chi connectivity index (χ3n) is 7.75. The molecule has 44 heavy (non-hydrogen) atoms. The number of piperazine rings is 1. The second kappa shape index (κ2) is 11.2. The Labute approximate surface area is 250 Å². The molecule has 6 aromatic rings. The Morgan fingerprint density at radius 2 is 1.68 bits per heavy atom. The molecule has 1 aliphatic rings. The minimum atomic E-state index is -0.653. The normalized spacial score (nSPS) is 14.0. The van der Waals surface area contributed by atoms with Gasteiger partial charge >= 0.3 is 0 Å². The van der Waals surface area contributed by atoms with Crippen molar-refractivity contribution in [2.24, 2.45) is 5.73 Å². The number of anilines is 1. The first-order valence-electron chi connectivity index (χ1n) is 14.1. The molecule has 0 aliphatic carbocycles. The summed E-state index contributed by atoms with van der Waals surface area (Å²) in [5.41, 5.74) is 12.9. The fourth-order valence-electron chi connectivity index (χ4n) is 5.61. The van der Waals surface area contributed by atoms with Gasteiger partial charge < -0.3 is 15.2 Å². The van der Waals surface area contributed by atoms with Crippen LogP contribution in [0.2, 0.25) is 0 Å². The number of fused-ring (bicyclic) bond motifs is 2. The van der Waals surface area contributed by atoms with Crippen molar-refractivity contribution in [3.8, 4) is 11.5 Å². The Balaban J connectivity index is 1.18. The smallest absolute Gasteiger partial charge is 0.257 e. The zero-order valence-corrected chi connectivity index (χ0v) is 23.8. The van der Waals surface area contributed by atoms with Crippen LogP contribution in [0.15, 0.2) is 66.1 Å². The molecule has 0 spiro atoms. The highest BCUT2D eigenvalue weighted by atomic mass is 16.6. The predicted octanol–water partition coefficient (Wildman–Crippen LogP) is 2.18. The Morgan fingerprint density at radius 1 is 0.932 bits per heavy atom. The summed E-state index contributed by atoms with van der Waals surface area (Å²) < 4.78 is 8.50. The van der Waals surface area contributed by atoms with Gasteiger partial charge in [0.15, 0.2) is 11.5 Å². The molecule has 6 heterocycles. The molecular formula is C29H28N12O3. The number of nitrogens with one attached hydrogen (secondary N) is 1. The van der Waals surface area contributed by atoms with Crippen LogP contribution in [-0.4, -0.2) is 87.3 Å². The third kappa shape index (κ3) is 4.78. The van der Waals surface area contributed by atoms with Gasteiger partial charge in [0.1, 0.15) is 22.9 Å². The summed E-state index contributed by atoms with van der Waals surface area (Å²) in [5.74, 6) is -0.1000. The van der Waals surface area contributed by atoms with Crippen LogP contribution < -0.4 is 11.2 Å². The second-order valence-corrected chi connectivity index (χ2v) is 10.4. The van der Waals surface area contributed by atoms with E-state index in [4.69, 9.17) is 15.3 Å². The number of primary amides is 1. The van der Waals surface area contributed by atoms with Gasteiger partial charge in [-0.15, -0.1) is 0 Å². The van der Waals surface area contributed by atoms with E-state index in [0.717, 1.165) is 19.6 Å². The number of nitrogens with zero attached hydrogens (tertiary/aromatic N) is 10. The van der Waals surface area contributed by atoms with Crippen molar-refractivity contribution in [1.29, 1.82) is 0 Å². The van der Waals surface area contributed by atoms with Crippen molar-refractivity contribution < 1.29 is 14.2 Å². The van der Waals surface area contributed by atoms with E-state index in [1.807, 2.05) is 34.6 Å². The fraction of sp³-hybridized carbons (Fsp3) is 0.241. The third-order valence-corrected chi connectivity index (χ3v) is 7.75. The van der Waals surface area contributed by atoms with Gasteiger partial charge in [0.2, 0.25) is 5.82 Å². The summed E-state index contributed by atoms with van der Waals surface area (Å²) in [6, 6.07) is 10.3. The summed E-state index contributed by atoms with van der Waals surface area (Å²) in [6.45, 7) is 6.06. The lowest BCUT2D eigenvalue weighted by molar-refractivity contribution is 0.0629. The maximum Gasteiger partial charge on any atom is 0.257 e. The number of pyridine rings is 2. The maximum absolute atomic E-state index is 13.8. The number of rotatable bonds is 8. The Morgan fingerprint density at radius 3 is 2.43 bits per heavy atom. The number of hydrogen-bond donors (Lipinski definition) is 2. The van der Waals surface area contributed by atoms with E-state index in [-0.39, 0.29) is 17.3 Å². The molecule has 3 N–H and O–H groups in total. The van der Waals surface area contributed by atoms with Crippen LogP contribution in [0, 0.1) is 0 Å². The molecule has 0 bridgehead atoms. The number of carbonyl (C=O) groups is 2. The van der Waals surface area contributed by atoms with Gasteiger partial charge in [-0.2, -0.15) is 0 Å². The second-order valence-electron chi connectivity index (χ2n) is 10.4. The van der Waals surface area contributed by atoms with Crippen LogP contribution in [0.1, 0.15) is 33.2 Å². The molecule has 5 aromatic heterocycles. The molecule has 0 atom stereocenters. The average molecular weight is 593 g/mol. The number of nitrogens with two attached hydrogens (primary N) is 1. The van der Waals surface area contributed by atoms with Gasteiger partial charge in [-0.05, 0) is 22.8 Å². The van der Waals surface area contributed by atoms with Crippen molar-refractivity contribution in [1.82, 2.24) is 49.3 Å². The molecule has 15 nitrogen and oxygen atoms in total. The summed E-state index contributed by atoms with van der Waals surface area (Å²) in [4.78, 5) is 47.6. The number of imidazole rings is 2. The topological polar surface area (TPSA) is 179 Å². The quantitative estimate of drug-likeness (QED) is 0.265. The molecule has 15 heteroatoms. The van der Waals surface area contributed by atoms with Crippen LogP contribution in [0.3, 0.4) is 0 Å². The molecular weight excluding hydrogens is 564 g/mol. The number of benzene rings is 1. The molecule has 1 fully saturated rings. The van der Waals surface area contributed by atoms with E-state index in [0.29, 0.717) is 58.8 Å². The van der Waals surface area contributed by atoms with Crippen molar-refractivity contribution in [3.63, 3.8) is 0 Å². The molecule has 2 amide bonds. The number of amides is 2. The molecule has 1 aromatic carbocycles. The highest BCUT2D eigenvalue weighted by molar-refractivity contribution is 6.06. The lowest BCUT2D eigenvalue weighted by Gasteiger charge is -2.34. The van der Waals surface area contributed by atoms with E-state index in [2.05, 4.69) is 47.7 Å². The van der Waals surface area contributed by atoms with Crippen molar-refractivity contribution >= 4 is 39.7 Å². The lowest BCUT2D eigenvalue weighted by atomic mass is 10.1. The van der Waals surface area contributed by atoms with Crippen LogP contribution in [0.5, 0.6) is 0 Å². The molecule has 0 unspecified atom stereocenters. The molecule has 222 valence electrons. The summed E-state index contributed by atoms with van der Waals surface area (Å²) in [7, 11) is 0. The first-order valence-corrected chi connectivity index (χ1v) is 14.1. The first-order chi connectivity index (χ1) is 21.5. The average Bonchev–Trinajstić information content (AvgIpc) is 3.78. The summed E-state index contributed by atoms with van der Waals surface area (Å²) in [5, 5.41) is 8.16. The van der Waals surface area contributed by atoms with Gasteiger partial charge in [-0.25, -0.2) is 19.3 Å². The number of carbonyl (C=O) groups excluding carboxylic acids is 2. The summed E-state index contributed by atoms with van der Waals surface area (Å²) in [6.07, 6.45) is 7.58. The lowest BCUT2D eigenvalue weighted by Crippen LogP contribution is -2.48. The van der Waals surface area contributed by atoms with E-state index in [1.165, 1.54) is 29.0 Å². The zero-order chi connectivity index (χ0) is 30.2. The first kappa shape index (κ1) is 27.2. The van der Waals surface area contributed by atoms with Crippen molar-refractivity contribution in [3.05, 3.63) is 78.1 Å². The Bertz CT molecular complexity index is 1990. The SMILES string of the molecule is CCn1c(-c2nonc2Nn2cnc3cncc(C(N)=O)c32)nc2cncc(C(=O)N3CCN(Cc4ccccc4)CC3)c21. The highest BCUT2D eigenvalue weighted by Gasteiger charge is 2.28. The van der Waals surface area contributed by atoms with Crippen molar-refractivity contribution in [2.45, 2.75) is 20.0 Å². The monoisotopic (exact) mass is 592 g/mol. The van der Waals surface area contributed by atoms with E-state index in [9.17, 15) is 9.59 Å². The molecule has 1 aliphatic heterocycles. The van der Waals surface area contributed by atoms with Crippen molar-refractivity contribution in [2.75, 3.05) is 31.6 Å². The highest BCUT2D eigenvalue weighted by Crippen LogP contribution is 2.30. The zero-order valence-electron chi connectivity index (χ0n) is 23.8. The van der Waals surface area contributed by atoms with Gasteiger partial charge in [-0.1, -0.05) is 30.3 Å². The predicted molar refractivity (Wildman–Crippen MR) is 159 cm³/mol. The van der Waals surface area contributed by atoms with E-state index >= 15 is 0 Å². The standard InChI is InChI=1S/C29H28N12O3/c1-2-40-24-20(29(43)39-10-8-38(9-11-39)16-18-6-4-3-5-7-18)13-32-15-22(24)34-28(40)23-27(37-44-36-23)35-41-17-33-21-14-31-12-19(25(21)41)26(30)42/h3-7,12-15,17H,2,8-11,16H2,1H3,(H2,30,42)(H,35,37). The Kier molecular flexibility index (Phi) is 6.90. The Hall–Kier alpha value is -5.70. The minimum absolute atomic E-state index is 0.0993. The van der Waals surface area contributed by atoms with Gasteiger partial charge in [-0.3, -0.25) is 29.9 Å². The maximum atomic E-state index is 13.8. The van der Waals surface area contributed by atoms with Crippen LogP contribution >= 0.6 is 0 Å². The largest absolute Gasteiger partial charge is 0.365 e. The van der Waals surface area contributed by atoms with Crippen LogP contribution in [0.4, 0.5) is 5.82 Å². The minimum Gasteiger partial charge on any atom is -0.365 e. The van der Waals surface area contributed by atoms with Crippen LogP contribution in [0.25, 0.3) is 33.6 Å². The number of hydrogen-bond acceptors (Lipinski definition) is 11. The van der Waals surface area contributed by atoms with Gasteiger partial charge in [0.25, 0.3) is 11.8 Å². The van der Waals surface area contributed by atoms with Crippen LogP contribution in [-0.2, 0) is 13.1 Å². The summed E-state index contributed by atoms with van der Waals surface area (Å²) >= 11 is 0. The molecule has 0 saturated carbocycles. The fourth-order valence-corrected chi connectivity index (χ4v) is 5.61. The number of aromatic nitrogens is 8. The van der Waals surface area contributed by atoms with E-state index in [1.54, 1.807) is 12.4 Å². The molecule has 0 radical (unpaired) electrons. The van der Waals surface area contributed by atoms with Gasteiger partial charge in [0.05, 0.1) is 29.0 Å². The van der Waals surface area contributed by atoms with E-state index < -0.39 is 5.91 Å². The van der Waals surface area contributed by atoms with Gasteiger partial charge in [0, 0.05) is 51.7 Å². The molecule has 7 rings (SSSR count). The molecule has 1 saturated heterocycles. The number of aryl methyl sites for hydroxylation is 1.